The molecule has 6 nitrogen and oxygen atoms in total. The minimum atomic E-state index is -0.574. The van der Waals surface area contributed by atoms with Crippen LogP contribution in [-0.4, -0.2) is 17.9 Å². The summed E-state index contributed by atoms with van der Waals surface area (Å²) in [6.45, 7) is 4.18. The number of nitrogens with one attached hydrogen (secondary N) is 1. The Morgan fingerprint density at radius 1 is 1.20 bits per heavy atom. The molecule has 25 heavy (non-hydrogen) atoms. The van der Waals surface area contributed by atoms with Crippen molar-refractivity contribution < 1.29 is 18.7 Å². The summed E-state index contributed by atoms with van der Waals surface area (Å²) in [5, 5.41) is 14.2. The number of hydrogen-bond acceptors (Lipinski definition) is 6. The third-order valence-electron chi connectivity index (χ3n) is 4.56. The predicted octanol–water partition coefficient (Wildman–Crippen LogP) is 3.46. The molecule has 1 saturated heterocycles. The highest BCUT2D eigenvalue weighted by atomic mass is 16.5. The van der Waals surface area contributed by atoms with Gasteiger partial charge in [-0.1, -0.05) is 0 Å². The van der Waals surface area contributed by atoms with Gasteiger partial charge < -0.3 is 18.7 Å². The second-order valence-electron chi connectivity index (χ2n) is 6.33. The fraction of sp³-hybridized carbons (Fsp3) is 0.316. The molecule has 3 heterocycles. The van der Waals surface area contributed by atoms with Crippen molar-refractivity contribution in [3.8, 4) is 23.0 Å². The zero-order valence-electron chi connectivity index (χ0n) is 14.1. The zero-order chi connectivity index (χ0) is 17.6. The monoisotopic (exact) mass is 341 g/mol. The maximum absolute atomic E-state index is 11.9. The van der Waals surface area contributed by atoms with Crippen LogP contribution in [0.5, 0.6) is 11.5 Å². The first-order valence-corrected chi connectivity index (χ1v) is 8.30. The minimum Gasteiger partial charge on any atom is -0.507 e. The molecule has 0 spiro atoms. The van der Waals surface area contributed by atoms with Gasteiger partial charge in [-0.3, -0.25) is 5.32 Å². The van der Waals surface area contributed by atoms with Crippen molar-refractivity contribution in [2.24, 2.45) is 0 Å². The van der Waals surface area contributed by atoms with Crippen molar-refractivity contribution in [3.63, 3.8) is 0 Å². The van der Waals surface area contributed by atoms with Gasteiger partial charge in [0.15, 0.2) is 11.5 Å². The summed E-state index contributed by atoms with van der Waals surface area (Å²) in [4.78, 5) is 11.9. The van der Waals surface area contributed by atoms with Crippen LogP contribution in [0.1, 0.15) is 24.0 Å². The van der Waals surface area contributed by atoms with Crippen LogP contribution in [0.3, 0.4) is 0 Å². The molecule has 6 heteroatoms. The number of hydrogen-bond donors (Lipinski definition) is 2. The van der Waals surface area contributed by atoms with Gasteiger partial charge in [0.1, 0.15) is 23.3 Å². The fourth-order valence-corrected chi connectivity index (χ4v) is 3.09. The Balaban J connectivity index is 1.73. The first kappa shape index (κ1) is 15.8. The van der Waals surface area contributed by atoms with Gasteiger partial charge in [-0.2, -0.15) is 0 Å². The van der Waals surface area contributed by atoms with E-state index in [0.717, 1.165) is 30.5 Å². The third kappa shape index (κ3) is 2.78. The molecule has 2 N–H and O–H groups in total. The minimum absolute atomic E-state index is 0.0399. The maximum Gasteiger partial charge on any atom is 0.343 e. The molecule has 130 valence electrons. The average Bonchev–Trinajstić information content (AvgIpc) is 3.25. The van der Waals surface area contributed by atoms with Gasteiger partial charge >= 0.3 is 5.63 Å². The van der Waals surface area contributed by atoms with Crippen LogP contribution >= 0.6 is 0 Å². The van der Waals surface area contributed by atoms with E-state index >= 15 is 0 Å². The first-order valence-electron chi connectivity index (χ1n) is 8.30. The van der Waals surface area contributed by atoms with Crippen LogP contribution in [0.25, 0.3) is 22.5 Å². The number of aromatic hydroxyl groups is 1. The van der Waals surface area contributed by atoms with Gasteiger partial charge in [-0.05, 0) is 57.5 Å². The highest BCUT2D eigenvalue weighted by Crippen LogP contribution is 2.34. The molecular formula is C19H19NO5. The topological polar surface area (TPSA) is 84.8 Å². The summed E-state index contributed by atoms with van der Waals surface area (Å²) in [6, 6.07) is 7.35. The van der Waals surface area contributed by atoms with Crippen molar-refractivity contribution in [1.29, 1.82) is 0 Å². The summed E-state index contributed by atoms with van der Waals surface area (Å²) in [7, 11) is 0. The van der Waals surface area contributed by atoms with Gasteiger partial charge in [-0.25, -0.2) is 4.79 Å². The second-order valence-corrected chi connectivity index (χ2v) is 6.33. The smallest absolute Gasteiger partial charge is 0.343 e. The Hall–Kier alpha value is -2.73. The molecule has 1 fully saturated rings. The molecule has 0 bridgehead atoms. The van der Waals surface area contributed by atoms with E-state index in [-0.39, 0.29) is 23.3 Å². The van der Waals surface area contributed by atoms with E-state index < -0.39 is 5.63 Å². The van der Waals surface area contributed by atoms with E-state index in [0.29, 0.717) is 16.9 Å². The van der Waals surface area contributed by atoms with Gasteiger partial charge in [0.05, 0.1) is 5.56 Å². The van der Waals surface area contributed by atoms with Crippen LogP contribution in [0.15, 0.2) is 37.9 Å². The molecular weight excluding hydrogens is 322 g/mol. The predicted molar refractivity (Wildman–Crippen MR) is 93.0 cm³/mol. The largest absolute Gasteiger partial charge is 0.507 e. The number of benzene rings is 1. The zero-order valence-corrected chi connectivity index (χ0v) is 14.1. The van der Waals surface area contributed by atoms with Crippen LogP contribution in [0, 0.1) is 13.8 Å². The third-order valence-corrected chi connectivity index (χ3v) is 4.56. The first-order chi connectivity index (χ1) is 12.0. The van der Waals surface area contributed by atoms with Crippen molar-refractivity contribution in [3.05, 3.63) is 45.8 Å². The molecule has 1 aromatic carbocycles. The maximum atomic E-state index is 11.9. The van der Waals surface area contributed by atoms with Gasteiger partial charge in [0.25, 0.3) is 0 Å². The molecule has 0 radical (unpaired) electrons. The second kappa shape index (κ2) is 5.97. The number of ether oxygens (including phenoxy) is 1. The molecule has 1 atom stereocenters. The Labute approximate surface area is 144 Å². The summed E-state index contributed by atoms with van der Waals surface area (Å²) in [5.74, 6) is 1.33. The SMILES string of the molecule is Cc1c(-c2cc3cc(OC4CCCN4)ccc3o2)oc(=O)c(C)c1O. The Morgan fingerprint density at radius 2 is 2.04 bits per heavy atom. The fourth-order valence-electron chi connectivity index (χ4n) is 3.09. The molecule has 1 unspecified atom stereocenters. The lowest BCUT2D eigenvalue weighted by Crippen LogP contribution is -2.27. The van der Waals surface area contributed by atoms with E-state index in [4.69, 9.17) is 13.6 Å². The molecule has 2 aromatic heterocycles. The lowest BCUT2D eigenvalue weighted by atomic mass is 10.1. The Kier molecular flexibility index (Phi) is 3.77. The van der Waals surface area contributed by atoms with Gasteiger partial charge in [-0.15, -0.1) is 0 Å². The highest BCUT2D eigenvalue weighted by molar-refractivity contribution is 5.84. The Bertz CT molecular complexity index is 995. The summed E-state index contributed by atoms with van der Waals surface area (Å²) in [5.41, 5.74) is 0.749. The lowest BCUT2D eigenvalue weighted by Gasteiger charge is -2.13. The molecule has 0 aliphatic carbocycles. The van der Waals surface area contributed by atoms with Gasteiger partial charge in [0, 0.05) is 10.9 Å². The van der Waals surface area contributed by atoms with Crippen LogP contribution in [-0.2, 0) is 0 Å². The normalized spacial score (nSPS) is 17.3. The van der Waals surface area contributed by atoms with Crippen molar-refractivity contribution in [1.82, 2.24) is 5.32 Å². The van der Waals surface area contributed by atoms with E-state index in [9.17, 15) is 9.90 Å². The number of fused-ring (bicyclic) bond motifs is 1. The Morgan fingerprint density at radius 3 is 2.80 bits per heavy atom. The quantitative estimate of drug-likeness (QED) is 0.759. The summed E-state index contributed by atoms with van der Waals surface area (Å²) < 4.78 is 17.0. The standard InChI is InChI=1S/C19H19NO5/c1-10-17(21)11(2)19(22)25-18(10)15-9-12-8-13(5-6-14(12)24-15)23-16-4-3-7-20-16/h5-6,8-9,16,20-21H,3-4,7H2,1-2H3. The van der Waals surface area contributed by atoms with Crippen LogP contribution in [0.2, 0.25) is 0 Å². The van der Waals surface area contributed by atoms with E-state index in [2.05, 4.69) is 5.32 Å². The molecule has 0 saturated carbocycles. The van der Waals surface area contributed by atoms with Gasteiger partial charge in [0.2, 0.25) is 0 Å². The number of rotatable bonds is 3. The molecule has 4 rings (SSSR count). The van der Waals surface area contributed by atoms with Crippen molar-refractivity contribution in [2.75, 3.05) is 6.54 Å². The highest BCUT2D eigenvalue weighted by Gasteiger charge is 2.19. The molecule has 3 aromatic rings. The van der Waals surface area contributed by atoms with Crippen molar-refractivity contribution >= 4 is 11.0 Å². The molecule has 0 amide bonds. The van der Waals surface area contributed by atoms with E-state index in [1.165, 1.54) is 6.92 Å². The molecule has 1 aliphatic rings. The lowest BCUT2D eigenvalue weighted by molar-refractivity contribution is 0.188. The average molecular weight is 341 g/mol. The van der Waals surface area contributed by atoms with E-state index in [1.54, 1.807) is 13.0 Å². The van der Waals surface area contributed by atoms with E-state index in [1.807, 2.05) is 18.2 Å². The molecule has 1 aliphatic heterocycles. The summed E-state index contributed by atoms with van der Waals surface area (Å²) >= 11 is 0. The van der Waals surface area contributed by atoms with Crippen molar-refractivity contribution in [2.45, 2.75) is 32.9 Å². The number of furan rings is 1. The summed E-state index contributed by atoms with van der Waals surface area (Å²) in [6.07, 6.45) is 2.14. The van der Waals surface area contributed by atoms with Crippen LogP contribution < -0.4 is 15.7 Å². The van der Waals surface area contributed by atoms with Crippen LogP contribution in [0.4, 0.5) is 0 Å².